The van der Waals surface area contributed by atoms with Gasteiger partial charge in [0.1, 0.15) is 5.75 Å². The standard InChI is InChI=1S/C21H24N4O2S/c1-3-27-20-13-22-12-19(24-20)25-10-8-15(9-11-25)21-23-17(14-28-21)16-6-4-5-7-18(16)26-2/h4-7,12-15H,3,8-11H2,1-2H3. The molecule has 1 saturated heterocycles. The molecule has 0 aliphatic carbocycles. The first-order valence-electron chi connectivity index (χ1n) is 9.57. The Labute approximate surface area is 169 Å². The molecule has 0 unspecified atom stereocenters. The van der Waals surface area contributed by atoms with E-state index in [0.717, 1.165) is 48.8 Å². The molecule has 7 heteroatoms. The normalized spacial score (nSPS) is 14.9. The molecule has 28 heavy (non-hydrogen) atoms. The van der Waals surface area contributed by atoms with Gasteiger partial charge in [-0.15, -0.1) is 11.3 Å². The number of ether oxygens (including phenoxy) is 2. The largest absolute Gasteiger partial charge is 0.496 e. The third kappa shape index (κ3) is 3.94. The number of benzene rings is 1. The number of rotatable bonds is 6. The van der Waals surface area contributed by atoms with Gasteiger partial charge in [0.15, 0.2) is 5.82 Å². The molecule has 0 atom stereocenters. The van der Waals surface area contributed by atoms with Crippen LogP contribution in [0.3, 0.4) is 0 Å². The number of hydrogen-bond acceptors (Lipinski definition) is 7. The lowest BCUT2D eigenvalue weighted by Gasteiger charge is -2.31. The van der Waals surface area contributed by atoms with Crippen molar-refractivity contribution in [3.63, 3.8) is 0 Å². The minimum absolute atomic E-state index is 0.479. The van der Waals surface area contributed by atoms with Gasteiger partial charge >= 0.3 is 0 Å². The molecular formula is C21H24N4O2S. The predicted molar refractivity (Wildman–Crippen MR) is 111 cm³/mol. The highest BCUT2D eigenvalue weighted by molar-refractivity contribution is 7.10. The lowest BCUT2D eigenvalue weighted by atomic mass is 9.97. The van der Waals surface area contributed by atoms with E-state index in [1.165, 1.54) is 5.01 Å². The van der Waals surface area contributed by atoms with Crippen LogP contribution in [-0.4, -0.2) is 41.8 Å². The monoisotopic (exact) mass is 396 g/mol. The highest BCUT2D eigenvalue weighted by Crippen LogP contribution is 2.36. The van der Waals surface area contributed by atoms with Crippen molar-refractivity contribution in [3.05, 3.63) is 47.0 Å². The maximum Gasteiger partial charge on any atom is 0.234 e. The molecule has 3 aromatic rings. The van der Waals surface area contributed by atoms with E-state index in [1.807, 2.05) is 31.3 Å². The summed E-state index contributed by atoms with van der Waals surface area (Å²) >= 11 is 1.74. The van der Waals surface area contributed by atoms with E-state index in [-0.39, 0.29) is 0 Å². The van der Waals surface area contributed by atoms with E-state index in [1.54, 1.807) is 24.6 Å². The summed E-state index contributed by atoms with van der Waals surface area (Å²) in [5.41, 5.74) is 2.04. The van der Waals surface area contributed by atoms with Crippen LogP contribution in [-0.2, 0) is 0 Å². The first-order chi connectivity index (χ1) is 13.8. The number of aromatic nitrogens is 3. The Morgan fingerprint density at radius 3 is 2.75 bits per heavy atom. The predicted octanol–water partition coefficient (Wildman–Crippen LogP) is 4.39. The molecule has 146 valence electrons. The molecule has 0 spiro atoms. The Balaban J connectivity index is 1.43. The van der Waals surface area contributed by atoms with Crippen molar-refractivity contribution in [2.24, 2.45) is 0 Å². The molecule has 1 aliphatic heterocycles. The van der Waals surface area contributed by atoms with Gasteiger partial charge in [-0.05, 0) is 31.9 Å². The van der Waals surface area contributed by atoms with Crippen molar-refractivity contribution in [1.82, 2.24) is 15.0 Å². The average molecular weight is 397 g/mol. The van der Waals surface area contributed by atoms with Crippen molar-refractivity contribution in [1.29, 1.82) is 0 Å². The Morgan fingerprint density at radius 1 is 1.14 bits per heavy atom. The van der Waals surface area contributed by atoms with Crippen LogP contribution in [0.2, 0.25) is 0 Å². The SMILES string of the molecule is CCOc1cncc(N2CCC(c3nc(-c4ccccc4OC)cs3)CC2)n1. The molecule has 0 saturated carbocycles. The minimum atomic E-state index is 0.479. The van der Waals surface area contributed by atoms with Gasteiger partial charge in [0, 0.05) is 30.0 Å². The summed E-state index contributed by atoms with van der Waals surface area (Å²) in [6, 6.07) is 8.04. The van der Waals surface area contributed by atoms with Crippen LogP contribution in [0, 0.1) is 0 Å². The first kappa shape index (κ1) is 18.7. The van der Waals surface area contributed by atoms with Crippen molar-refractivity contribution in [2.75, 3.05) is 31.7 Å². The molecule has 6 nitrogen and oxygen atoms in total. The maximum atomic E-state index is 5.48. The third-order valence-corrected chi connectivity index (χ3v) is 5.97. The van der Waals surface area contributed by atoms with Gasteiger partial charge in [-0.1, -0.05) is 12.1 Å². The van der Waals surface area contributed by atoms with Crippen molar-refractivity contribution < 1.29 is 9.47 Å². The minimum Gasteiger partial charge on any atom is -0.496 e. The number of hydrogen-bond donors (Lipinski definition) is 0. The van der Waals surface area contributed by atoms with E-state index in [2.05, 4.69) is 26.3 Å². The molecule has 0 radical (unpaired) electrons. The Morgan fingerprint density at radius 2 is 1.96 bits per heavy atom. The van der Waals surface area contributed by atoms with Gasteiger partial charge in [0.05, 0.1) is 36.8 Å². The summed E-state index contributed by atoms with van der Waals surface area (Å²) < 4.78 is 11.0. The Bertz CT molecular complexity index is 922. The van der Waals surface area contributed by atoms with Crippen LogP contribution in [0.1, 0.15) is 30.7 Å². The number of nitrogens with zero attached hydrogens (tertiary/aromatic N) is 4. The molecule has 0 N–H and O–H groups in total. The number of piperidine rings is 1. The number of methoxy groups -OCH3 is 1. The van der Waals surface area contributed by atoms with E-state index < -0.39 is 0 Å². The lowest BCUT2D eigenvalue weighted by molar-refractivity contribution is 0.325. The molecule has 1 fully saturated rings. The molecular weight excluding hydrogens is 372 g/mol. The average Bonchev–Trinajstić information content (AvgIpc) is 3.24. The Kier molecular flexibility index (Phi) is 5.71. The van der Waals surface area contributed by atoms with Crippen LogP contribution >= 0.6 is 11.3 Å². The van der Waals surface area contributed by atoms with Gasteiger partial charge in [-0.3, -0.25) is 4.98 Å². The lowest BCUT2D eigenvalue weighted by Crippen LogP contribution is -2.33. The van der Waals surface area contributed by atoms with Crippen LogP contribution in [0.4, 0.5) is 5.82 Å². The van der Waals surface area contributed by atoms with Gasteiger partial charge in [0.25, 0.3) is 0 Å². The fourth-order valence-corrected chi connectivity index (χ4v) is 4.51. The molecule has 1 aliphatic rings. The molecule has 2 aromatic heterocycles. The number of thiazole rings is 1. The smallest absolute Gasteiger partial charge is 0.234 e. The summed E-state index contributed by atoms with van der Waals surface area (Å²) in [5, 5.41) is 3.34. The van der Waals surface area contributed by atoms with Crippen LogP contribution < -0.4 is 14.4 Å². The molecule has 1 aromatic carbocycles. The summed E-state index contributed by atoms with van der Waals surface area (Å²) in [6.07, 6.45) is 5.58. The van der Waals surface area contributed by atoms with Crippen LogP contribution in [0.5, 0.6) is 11.6 Å². The van der Waals surface area contributed by atoms with Gasteiger partial charge in [-0.25, -0.2) is 4.98 Å². The van der Waals surface area contributed by atoms with Gasteiger partial charge in [-0.2, -0.15) is 4.98 Å². The second kappa shape index (κ2) is 8.56. The summed E-state index contributed by atoms with van der Waals surface area (Å²) in [6.45, 7) is 4.43. The van der Waals surface area contributed by atoms with Crippen molar-refractivity contribution in [2.45, 2.75) is 25.7 Å². The molecule has 3 heterocycles. The second-order valence-corrected chi connectivity index (χ2v) is 7.57. The van der Waals surface area contributed by atoms with E-state index in [9.17, 15) is 0 Å². The topological polar surface area (TPSA) is 60.4 Å². The summed E-state index contributed by atoms with van der Waals surface area (Å²) in [5.74, 6) is 2.82. The van der Waals surface area contributed by atoms with E-state index in [0.29, 0.717) is 18.4 Å². The zero-order valence-corrected chi connectivity index (χ0v) is 17.0. The quantitative estimate of drug-likeness (QED) is 0.616. The molecule has 0 bridgehead atoms. The zero-order chi connectivity index (χ0) is 19.3. The highest BCUT2D eigenvalue weighted by Gasteiger charge is 2.24. The zero-order valence-electron chi connectivity index (χ0n) is 16.2. The summed E-state index contributed by atoms with van der Waals surface area (Å²) in [4.78, 5) is 16.0. The van der Waals surface area contributed by atoms with Crippen LogP contribution in [0.25, 0.3) is 11.3 Å². The number of anilines is 1. The third-order valence-electron chi connectivity index (χ3n) is 4.97. The fraction of sp³-hybridized carbons (Fsp3) is 0.381. The summed E-state index contributed by atoms with van der Waals surface area (Å²) in [7, 11) is 1.70. The Hall–Kier alpha value is -2.67. The maximum absolute atomic E-state index is 5.48. The van der Waals surface area contributed by atoms with Gasteiger partial charge in [0.2, 0.25) is 5.88 Å². The van der Waals surface area contributed by atoms with Crippen LogP contribution in [0.15, 0.2) is 42.0 Å². The molecule has 4 rings (SSSR count). The molecule has 0 amide bonds. The van der Waals surface area contributed by atoms with Crippen molar-refractivity contribution in [3.8, 4) is 22.9 Å². The second-order valence-electron chi connectivity index (χ2n) is 6.68. The van der Waals surface area contributed by atoms with Crippen molar-refractivity contribution >= 4 is 17.2 Å². The van der Waals surface area contributed by atoms with Gasteiger partial charge < -0.3 is 14.4 Å². The van der Waals surface area contributed by atoms with E-state index >= 15 is 0 Å². The number of para-hydroxylation sites is 1. The first-order valence-corrected chi connectivity index (χ1v) is 10.4. The fourth-order valence-electron chi connectivity index (χ4n) is 3.52. The highest BCUT2D eigenvalue weighted by atomic mass is 32.1. The van der Waals surface area contributed by atoms with E-state index in [4.69, 9.17) is 14.5 Å².